The summed E-state index contributed by atoms with van der Waals surface area (Å²) in [6, 6.07) is 3.31. The van der Waals surface area contributed by atoms with E-state index in [0.717, 1.165) is 18.8 Å². The van der Waals surface area contributed by atoms with Gasteiger partial charge >= 0.3 is 0 Å². The van der Waals surface area contributed by atoms with Crippen LogP contribution >= 0.6 is 23.2 Å². The van der Waals surface area contributed by atoms with Crippen LogP contribution in [0.2, 0.25) is 10.0 Å². The van der Waals surface area contributed by atoms with E-state index in [1.165, 1.54) is 12.8 Å². The fraction of sp³-hybridized carbons (Fsp3) is 0.500. The Balaban J connectivity index is 2.34. The number of nitrogens with two attached hydrogens (primary N) is 1. The highest BCUT2D eigenvalue weighted by molar-refractivity contribution is 6.44. The van der Waals surface area contributed by atoms with E-state index < -0.39 is 6.04 Å². The van der Waals surface area contributed by atoms with Gasteiger partial charge in [0.15, 0.2) is 0 Å². The molecule has 0 saturated carbocycles. The third-order valence-corrected chi connectivity index (χ3v) is 4.02. The monoisotopic (exact) mass is 274 g/mol. The van der Waals surface area contributed by atoms with Crippen LogP contribution in [-0.2, 0) is 0 Å². The Bertz CT molecular complexity index is 406. The molecule has 17 heavy (non-hydrogen) atoms. The van der Waals surface area contributed by atoms with Gasteiger partial charge in [0.1, 0.15) is 0 Å². The molecule has 0 amide bonds. The van der Waals surface area contributed by atoms with Crippen molar-refractivity contribution in [3.63, 3.8) is 0 Å². The molecule has 1 heterocycles. The highest BCUT2D eigenvalue weighted by Crippen LogP contribution is 2.38. The summed E-state index contributed by atoms with van der Waals surface area (Å²) in [6.07, 6.45) is 2.37. The molecule has 1 aliphatic heterocycles. The second-order valence-corrected chi connectivity index (χ2v) is 5.04. The van der Waals surface area contributed by atoms with Crippen molar-refractivity contribution in [2.45, 2.75) is 18.9 Å². The van der Waals surface area contributed by atoms with Gasteiger partial charge in [-0.1, -0.05) is 29.3 Å². The average molecular weight is 275 g/mol. The molecule has 2 rings (SSSR count). The second-order valence-electron chi connectivity index (χ2n) is 4.29. The van der Waals surface area contributed by atoms with Crippen LogP contribution in [0.3, 0.4) is 0 Å². The maximum Gasteiger partial charge on any atom is 0.0829 e. The molecule has 1 aliphatic rings. The SMILES string of the molecule is N[C@@H](CO)c1ccc(N2CCCC2)c(Cl)c1Cl. The number of nitrogens with zero attached hydrogens (tertiary/aromatic N) is 1. The van der Waals surface area contributed by atoms with Crippen LogP contribution in [0.1, 0.15) is 24.4 Å². The summed E-state index contributed by atoms with van der Waals surface area (Å²) in [4.78, 5) is 2.22. The summed E-state index contributed by atoms with van der Waals surface area (Å²) in [5.74, 6) is 0. The molecule has 94 valence electrons. The largest absolute Gasteiger partial charge is 0.394 e. The summed E-state index contributed by atoms with van der Waals surface area (Å²) in [7, 11) is 0. The van der Waals surface area contributed by atoms with Gasteiger partial charge in [-0.15, -0.1) is 0 Å². The molecule has 5 heteroatoms. The lowest BCUT2D eigenvalue weighted by atomic mass is 10.1. The molecule has 1 saturated heterocycles. The number of rotatable bonds is 3. The van der Waals surface area contributed by atoms with Crippen LogP contribution in [0.25, 0.3) is 0 Å². The number of aliphatic hydroxyl groups excluding tert-OH is 1. The maximum atomic E-state index is 9.05. The van der Waals surface area contributed by atoms with Gasteiger partial charge in [0.25, 0.3) is 0 Å². The number of hydrogen-bond donors (Lipinski definition) is 2. The maximum absolute atomic E-state index is 9.05. The number of aliphatic hydroxyl groups is 1. The normalized spacial score (nSPS) is 17.5. The lowest BCUT2D eigenvalue weighted by Crippen LogP contribution is -2.19. The zero-order chi connectivity index (χ0) is 12.4. The van der Waals surface area contributed by atoms with E-state index in [0.29, 0.717) is 15.6 Å². The van der Waals surface area contributed by atoms with E-state index in [4.69, 9.17) is 34.0 Å². The molecule has 0 spiro atoms. The van der Waals surface area contributed by atoms with Crippen LogP contribution in [0, 0.1) is 0 Å². The quantitative estimate of drug-likeness (QED) is 0.891. The first-order chi connectivity index (χ1) is 8.15. The Labute approximate surface area is 111 Å². The Morgan fingerprint density at radius 1 is 1.24 bits per heavy atom. The van der Waals surface area contributed by atoms with E-state index >= 15 is 0 Å². The van der Waals surface area contributed by atoms with Crippen LogP contribution in [0.4, 0.5) is 5.69 Å². The number of halogens is 2. The summed E-state index contributed by atoms with van der Waals surface area (Å²) in [5, 5.41) is 10.0. The topological polar surface area (TPSA) is 49.5 Å². The van der Waals surface area contributed by atoms with Crippen molar-refractivity contribution in [3.8, 4) is 0 Å². The van der Waals surface area contributed by atoms with Crippen LogP contribution in [0.15, 0.2) is 12.1 Å². The highest BCUT2D eigenvalue weighted by Gasteiger charge is 2.20. The van der Waals surface area contributed by atoms with E-state index in [2.05, 4.69) is 4.90 Å². The zero-order valence-electron chi connectivity index (χ0n) is 9.50. The minimum atomic E-state index is -0.479. The van der Waals surface area contributed by atoms with Gasteiger partial charge in [0.05, 0.1) is 28.4 Å². The molecular weight excluding hydrogens is 259 g/mol. The van der Waals surface area contributed by atoms with Crippen molar-refractivity contribution in [2.75, 3.05) is 24.6 Å². The molecule has 0 radical (unpaired) electrons. The first-order valence-corrected chi connectivity index (χ1v) is 6.50. The highest BCUT2D eigenvalue weighted by atomic mass is 35.5. The van der Waals surface area contributed by atoms with E-state index in [9.17, 15) is 0 Å². The fourth-order valence-electron chi connectivity index (χ4n) is 2.14. The smallest absolute Gasteiger partial charge is 0.0829 e. The Morgan fingerprint density at radius 3 is 2.47 bits per heavy atom. The van der Waals surface area contributed by atoms with Gasteiger partial charge in [0, 0.05) is 13.1 Å². The predicted octanol–water partition coefficient (Wildman–Crippen LogP) is 2.59. The zero-order valence-corrected chi connectivity index (χ0v) is 11.0. The lowest BCUT2D eigenvalue weighted by Gasteiger charge is -2.21. The molecule has 0 bridgehead atoms. The van der Waals surface area contributed by atoms with Gasteiger partial charge in [-0.25, -0.2) is 0 Å². The van der Waals surface area contributed by atoms with Crippen molar-refractivity contribution in [3.05, 3.63) is 27.7 Å². The third kappa shape index (κ3) is 2.52. The summed E-state index contributed by atoms with van der Waals surface area (Å²) >= 11 is 12.5. The van der Waals surface area contributed by atoms with Gasteiger partial charge < -0.3 is 15.7 Å². The van der Waals surface area contributed by atoms with Crippen molar-refractivity contribution in [1.82, 2.24) is 0 Å². The van der Waals surface area contributed by atoms with Crippen molar-refractivity contribution >= 4 is 28.9 Å². The standard InChI is InChI=1S/C12H16Cl2N2O/c13-11-8(9(15)7-17)3-4-10(12(11)14)16-5-1-2-6-16/h3-4,9,17H,1-2,5-7,15H2/t9-/m0/s1. The van der Waals surface area contributed by atoms with Crippen LogP contribution in [0.5, 0.6) is 0 Å². The molecule has 1 aromatic carbocycles. The third-order valence-electron chi connectivity index (χ3n) is 3.13. The van der Waals surface area contributed by atoms with Crippen LogP contribution < -0.4 is 10.6 Å². The van der Waals surface area contributed by atoms with Gasteiger partial charge in [0.2, 0.25) is 0 Å². The Hall–Kier alpha value is -0.480. The molecule has 0 aliphatic carbocycles. The predicted molar refractivity (Wildman–Crippen MR) is 71.9 cm³/mol. The van der Waals surface area contributed by atoms with Crippen molar-refractivity contribution < 1.29 is 5.11 Å². The molecular formula is C12H16Cl2N2O. The van der Waals surface area contributed by atoms with E-state index in [1.54, 1.807) is 0 Å². The molecule has 3 nitrogen and oxygen atoms in total. The number of anilines is 1. The molecule has 0 aromatic heterocycles. The average Bonchev–Trinajstić information content (AvgIpc) is 2.85. The molecule has 0 unspecified atom stereocenters. The summed E-state index contributed by atoms with van der Waals surface area (Å²) in [6.45, 7) is 1.89. The molecule has 1 fully saturated rings. The minimum Gasteiger partial charge on any atom is -0.394 e. The lowest BCUT2D eigenvalue weighted by molar-refractivity contribution is 0.268. The van der Waals surface area contributed by atoms with Gasteiger partial charge in [-0.2, -0.15) is 0 Å². The first kappa shape index (κ1) is 13.0. The number of hydrogen-bond acceptors (Lipinski definition) is 3. The molecule has 1 atom stereocenters. The molecule has 1 aromatic rings. The summed E-state index contributed by atoms with van der Waals surface area (Å²) in [5.41, 5.74) is 7.42. The van der Waals surface area contributed by atoms with Crippen molar-refractivity contribution in [2.24, 2.45) is 5.73 Å². The fourth-order valence-corrected chi connectivity index (χ4v) is 2.73. The van der Waals surface area contributed by atoms with E-state index in [1.807, 2.05) is 12.1 Å². The first-order valence-electron chi connectivity index (χ1n) is 5.74. The Kier molecular flexibility index (Phi) is 4.15. The van der Waals surface area contributed by atoms with Crippen LogP contribution in [-0.4, -0.2) is 24.8 Å². The minimum absolute atomic E-state index is 0.140. The number of benzene rings is 1. The van der Waals surface area contributed by atoms with Gasteiger partial charge in [-0.3, -0.25) is 0 Å². The van der Waals surface area contributed by atoms with Gasteiger partial charge in [-0.05, 0) is 24.5 Å². The van der Waals surface area contributed by atoms with Crippen molar-refractivity contribution in [1.29, 1.82) is 0 Å². The Morgan fingerprint density at radius 2 is 1.88 bits per heavy atom. The second kappa shape index (κ2) is 5.44. The summed E-state index contributed by atoms with van der Waals surface area (Å²) < 4.78 is 0. The van der Waals surface area contributed by atoms with E-state index in [-0.39, 0.29) is 6.61 Å². The molecule has 3 N–H and O–H groups in total.